The van der Waals surface area contributed by atoms with Crippen LogP contribution in [0.3, 0.4) is 0 Å². The summed E-state index contributed by atoms with van der Waals surface area (Å²) in [5.74, 6) is -1.08. The summed E-state index contributed by atoms with van der Waals surface area (Å²) >= 11 is 12.0. The van der Waals surface area contributed by atoms with Crippen LogP contribution in [-0.2, 0) is 13.7 Å². The van der Waals surface area contributed by atoms with Crippen LogP contribution in [0.5, 0.6) is 5.75 Å². The summed E-state index contributed by atoms with van der Waals surface area (Å²) in [6.45, 7) is 7.50. The Labute approximate surface area is 192 Å². The minimum absolute atomic E-state index is 0.0401. The number of carbonyl (C=O) groups is 2. The predicted octanol–water partition coefficient (Wildman–Crippen LogP) is 3.49. The average molecular weight is 471 g/mol. The molecule has 8 nitrogen and oxygen atoms in total. The summed E-state index contributed by atoms with van der Waals surface area (Å²) < 4.78 is 7.32. The van der Waals surface area contributed by atoms with Gasteiger partial charge in [-0.15, -0.1) is 0 Å². The van der Waals surface area contributed by atoms with Crippen molar-refractivity contribution in [3.63, 3.8) is 0 Å². The number of aromatic nitrogens is 1. The third-order valence-electron chi connectivity index (χ3n) is 4.89. The standard InChI is InChI=1S/C21H28Cl2N4O4/c1-4-27(5-2)10-6-9-24-21(29)18-19(15(12-26(18)3)20(28)25-30)31-13-14-7-8-16(22)17(23)11-14/h7-8,11-12,30H,4-6,9-10,13H2,1-3H3,(H,24,29)(H,25,28). The Bertz CT molecular complexity index is 913. The predicted molar refractivity (Wildman–Crippen MR) is 120 cm³/mol. The van der Waals surface area contributed by atoms with Crippen LogP contribution in [0, 0.1) is 0 Å². The summed E-state index contributed by atoms with van der Waals surface area (Å²) in [7, 11) is 1.63. The van der Waals surface area contributed by atoms with Gasteiger partial charge in [0.25, 0.3) is 11.8 Å². The van der Waals surface area contributed by atoms with Gasteiger partial charge in [-0.2, -0.15) is 0 Å². The van der Waals surface area contributed by atoms with Crippen molar-refractivity contribution in [2.45, 2.75) is 26.9 Å². The lowest BCUT2D eigenvalue weighted by Gasteiger charge is -2.17. The van der Waals surface area contributed by atoms with E-state index in [1.165, 1.54) is 10.8 Å². The Morgan fingerprint density at radius 1 is 1.16 bits per heavy atom. The molecule has 0 spiro atoms. The molecule has 0 bridgehead atoms. The molecule has 0 aliphatic heterocycles. The molecule has 1 aromatic heterocycles. The Balaban J connectivity index is 2.17. The van der Waals surface area contributed by atoms with Crippen LogP contribution in [0.25, 0.3) is 0 Å². The van der Waals surface area contributed by atoms with Gasteiger partial charge in [-0.05, 0) is 43.8 Å². The first-order valence-electron chi connectivity index (χ1n) is 10.0. The van der Waals surface area contributed by atoms with Crippen molar-refractivity contribution < 1.29 is 19.5 Å². The second kappa shape index (κ2) is 12.0. The highest BCUT2D eigenvalue weighted by Crippen LogP contribution is 2.28. The van der Waals surface area contributed by atoms with E-state index in [2.05, 4.69) is 24.1 Å². The number of aryl methyl sites for hydroxylation is 1. The van der Waals surface area contributed by atoms with Crippen molar-refractivity contribution >= 4 is 35.0 Å². The third-order valence-corrected chi connectivity index (χ3v) is 5.63. The third kappa shape index (κ3) is 6.61. The van der Waals surface area contributed by atoms with Crippen LogP contribution in [0.15, 0.2) is 24.4 Å². The lowest BCUT2D eigenvalue weighted by molar-refractivity contribution is 0.0702. The van der Waals surface area contributed by atoms with Crippen molar-refractivity contribution in [2.24, 2.45) is 7.05 Å². The van der Waals surface area contributed by atoms with E-state index < -0.39 is 5.91 Å². The van der Waals surface area contributed by atoms with Gasteiger partial charge in [-0.1, -0.05) is 43.1 Å². The first kappa shape index (κ1) is 25.0. The molecule has 0 aliphatic rings. The molecule has 170 valence electrons. The molecular formula is C21H28Cl2N4O4. The van der Waals surface area contributed by atoms with Gasteiger partial charge >= 0.3 is 0 Å². The fourth-order valence-electron chi connectivity index (χ4n) is 3.15. The highest BCUT2D eigenvalue weighted by molar-refractivity contribution is 6.42. The van der Waals surface area contributed by atoms with Gasteiger partial charge < -0.3 is 19.5 Å². The lowest BCUT2D eigenvalue weighted by atomic mass is 10.2. The van der Waals surface area contributed by atoms with E-state index in [1.54, 1.807) is 30.7 Å². The van der Waals surface area contributed by atoms with Crippen LogP contribution in [0.1, 0.15) is 46.7 Å². The monoisotopic (exact) mass is 470 g/mol. The van der Waals surface area contributed by atoms with E-state index in [0.29, 0.717) is 22.2 Å². The van der Waals surface area contributed by atoms with Crippen LogP contribution < -0.4 is 15.5 Å². The van der Waals surface area contributed by atoms with Crippen LogP contribution in [0.4, 0.5) is 0 Å². The SMILES string of the molecule is CCN(CC)CCCNC(=O)c1c(OCc2ccc(Cl)c(Cl)c2)c(C(=O)NO)cn1C. The second-order valence-electron chi connectivity index (χ2n) is 6.95. The zero-order valence-electron chi connectivity index (χ0n) is 17.9. The number of rotatable bonds is 11. The minimum Gasteiger partial charge on any atom is -0.486 e. The number of halogens is 2. The zero-order valence-corrected chi connectivity index (χ0v) is 19.4. The summed E-state index contributed by atoms with van der Waals surface area (Å²) in [4.78, 5) is 27.2. The molecule has 0 saturated carbocycles. The molecule has 10 heteroatoms. The van der Waals surface area contributed by atoms with Gasteiger partial charge in [-0.25, -0.2) is 5.48 Å². The molecule has 2 amide bonds. The number of ether oxygens (including phenoxy) is 1. The molecule has 0 aliphatic carbocycles. The first-order valence-corrected chi connectivity index (χ1v) is 10.8. The summed E-state index contributed by atoms with van der Waals surface area (Å²) in [5, 5.41) is 12.7. The molecule has 1 aromatic carbocycles. The van der Waals surface area contributed by atoms with Crippen molar-refractivity contribution in [1.29, 1.82) is 0 Å². The first-order chi connectivity index (χ1) is 14.8. The highest BCUT2D eigenvalue weighted by Gasteiger charge is 2.25. The maximum absolute atomic E-state index is 12.8. The number of benzene rings is 1. The van der Waals surface area contributed by atoms with E-state index in [0.717, 1.165) is 26.1 Å². The maximum Gasteiger partial charge on any atom is 0.279 e. The second-order valence-corrected chi connectivity index (χ2v) is 7.76. The topological polar surface area (TPSA) is 95.8 Å². The quantitative estimate of drug-likeness (QED) is 0.265. The molecule has 0 saturated heterocycles. The van der Waals surface area contributed by atoms with Gasteiger partial charge in [-0.3, -0.25) is 14.8 Å². The number of amides is 2. The van der Waals surface area contributed by atoms with Gasteiger partial charge in [0.15, 0.2) is 5.75 Å². The number of hydrogen-bond donors (Lipinski definition) is 3. The fraction of sp³-hybridized carbons (Fsp3) is 0.429. The number of nitrogens with one attached hydrogen (secondary N) is 2. The van der Waals surface area contributed by atoms with Gasteiger partial charge in [0.2, 0.25) is 0 Å². The van der Waals surface area contributed by atoms with Crippen molar-refractivity contribution in [3.8, 4) is 5.75 Å². The van der Waals surface area contributed by atoms with E-state index in [-0.39, 0.29) is 29.5 Å². The van der Waals surface area contributed by atoms with E-state index >= 15 is 0 Å². The highest BCUT2D eigenvalue weighted by atomic mass is 35.5. The molecule has 31 heavy (non-hydrogen) atoms. The summed E-state index contributed by atoms with van der Waals surface area (Å²) in [6, 6.07) is 5.01. The van der Waals surface area contributed by atoms with E-state index in [9.17, 15) is 9.59 Å². The largest absolute Gasteiger partial charge is 0.486 e. The average Bonchev–Trinajstić information content (AvgIpc) is 3.10. The molecule has 0 radical (unpaired) electrons. The smallest absolute Gasteiger partial charge is 0.279 e. The fourth-order valence-corrected chi connectivity index (χ4v) is 3.47. The van der Waals surface area contributed by atoms with E-state index in [1.807, 2.05) is 0 Å². The van der Waals surface area contributed by atoms with Crippen LogP contribution in [-0.4, -0.2) is 52.7 Å². The Kier molecular flexibility index (Phi) is 9.64. The van der Waals surface area contributed by atoms with Crippen LogP contribution in [0.2, 0.25) is 10.0 Å². The number of nitrogens with zero attached hydrogens (tertiary/aromatic N) is 2. The molecule has 0 atom stereocenters. The number of hydrogen-bond acceptors (Lipinski definition) is 5. The maximum atomic E-state index is 12.8. The summed E-state index contributed by atoms with van der Waals surface area (Å²) in [5.41, 5.74) is 2.52. The summed E-state index contributed by atoms with van der Waals surface area (Å²) in [6.07, 6.45) is 2.22. The number of carbonyl (C=O) groups excluding carboxylic acids is 2. The van der Waals surface area contributed by atoms with Crippen molar-refractivity contribution in [1.82, 2.24) is 20.3 Å². The molecule has 0 unspecified atom stereocenters. The van der Waals surface area contributed by atoms with Gasteiger partial charge in [0.1, 0.15) is 17.9 Å². The molecular weight excluding hydrogens is 443 g/mol. The zero-order chi connectivity index (χ0) is 23.0. The normalized spacial score (nSPS) is 10.9. The Morgan fingerprint density at radius 3 is 2.48 bits per heavy atom. The molecule has 0 fully saturated rings. The minimum atomic E-state index is -0.777. The van der Waals surface area contributed by atoms with Gasteiger partial charge in [0.05, 0.1) is 10.0 Å². The van der Waals surface area contributed by atoms with Gasteiger partial charge in [0, 0.05) is 19.8 Å². The lowest BCUT2D eigenvalue weighted by Crippen LogP contribution is -2.31. The van der Waals surface area contributed by atoms with Crippen LogP contribution >= 0.6 is 23.2 Å². The molecule has 1 heterocycles. The molecule has 2 rings (SSSR count). The van der Waals surface area contributed by atoms with E-state index in [4.69, 9.17) is 33.1 Å². The number of hydroxylamine groups is 1. The van der Waals surface area contributed by atoms with Crippen molar-refractivity contribution in [3.05, 3.63) is 51.3 Å². The Hall–Kier alpha value is -2.26. The molecule has 2 aromatic rings. The van der Waals surface area contributed by atoms with Crippen molar-refractivity contribution in [2.75, 3.05) is 26.2 Å². The Morgan fingerprint density at radius 2 is 1.87 bits per heavy atom. The molecule has 3 N–H and O–H groups in total.